The van der Waals surface area contributed by atoms with Crippen LogP contribution in [0.2, 0.25) is 0 Å². The summed E-state index contributed by atoms with van der Waals surface area (Å²) in [5, 5.41) is 3.82. The summed E-state index contributed by atoms with van der Waals surface area (Å²) >= 11 is 0. The molecule has 0 aromatic heterocycles. The van der Waals surface area contributed by atoms with Crippen molar-refractivity contribution in [1.29, 1.82) is 0 Å². The van der Waals surface area contributed by atoms with Crippen LogP contribution in [0.25, 0.3) is 0 Å². The molecule has 2 nitrogen and oxygen atoms in total. The van der Waals surface area contributed by atoms with Crippen LogP contribution in [-0.2, 0) is 0 Å². The standard InChI is InChI=1S/C14H28N2/c1-12(2)10-14(6-7-14)11-15-13-4-8-16(3)9-5-13/h12-13,15H,4-11H2,1-3H3. The molecule has 0 amide bonds. The van der Waals surface area contributed by atoms with E-state index in [1.807, 2.05) is 0 Å². The van der Waals surface area contributed by atoms with Crippen LogP contribution in [0.15, 0.2) is 0 Å². The molecule has 1 aliphatic carbocycles. The molecular weight excluding hydrogens is 196 g/mol. The lowest BCUT2D eigenvalue weighted by Crippen LogP contribution is -2.42. The SMILES string of the molecule is CC(C)CC1(CNC2CCN(C)CC2)CC1. The Balaban J connectivity index is 1.67. The normalized spacial score (nSPS) is 26.2. The van der Waals surface area contributed by atoms with Gasteiger partial charge in [-0.1, -0.05) is 13.8 Å². The van der Waals surface area contributed by atoms with E-state index in [1.54, 1.807) is 0 Å². The first-order chi connectivity index (χ1) is 7.60. The van der Waals surface area contributed by atoms with Gasteiger partial charge in [0.15, 0.2) is 0 Å². The van der Waals surface area contributed by atoms with Crippen LogP contribution >= 0.6 is 0 Å². The van der Waals surface area contributed by atoms with Crippen molar-refractivity contribution < 1.29 is 0 Å². The summed E-state index contributed by atoms with van der Waals surface area (Å²) in [7, 11) is 2.23. The molecule has 2 fully saturated rings. The van der Waals surface area contributed by atoms with Crippen molar-refractivity contribution in [2.45, 2.75) is 52.0 Å². The van der Waals surface area contributed by atoms with E-state index in [9.17, 15) is 0 Å². The molecular formula is C14H28N2. The number of nitrogens with one attached hydrogen (secondary N) is 1. The molecule has 0 aromatic carbocycles. The van der Waals surface area contributed by atoms with Gasteiger partial charge in [0, 0.05) is 12.6 Å². The smallest absolute Gasteiger partial charge is 0.00916 e. The lowest BCUT2D eigenvalue weighted by molar-refractivity contribution is 0.224. The summed E-state index contributed by atoms with van der Waals surface area (Å²) in [6, 6.07) is 0.792. The summed E-state index contributed by atoms with van der Waals surface area (Å²) in [5.74, 6) is 0.863. The highest BCUT2D eigenvalue weighted by atomic mass is 15.1. The zero-order valence-corrected chi connectivity index (χ0v) is 11.3. The van der Waals surface area contributed by atoms with Gasteiger partial charge in [0.1, 0.15) is 0 Å². The summed E-state index contributed by atoms with van der Waals surface area (Å²) in [6.07, 6.45) is 7.03. The first-order valence-corrected chi connectivity index (χ1v) is 7.02. The molecule has 0 aromatic rings. The Morgan fingerprint density at radius 1 is 1.25 bits per heavy atom. The molecule has 1 saturated carbocycles. The zero-order chi connectivity index (χ0) is 11.6. The van der Waals surface area contributed by atoms with Gasteiger partial charge in [0.2, 0.25) is 0 Å². The highest BCUT2D eigenvalue weighted by molar-refractivity contribution is 4.96. The summed E-state index contributed by atoms with van der Waals surface area (Å²) in [5.41, 5.74) is 0.692. The number of nitrogens with zero attached hydrogens (tertiary/aromatic N) is 1. The van der Waals surface area contributed by atoms with Gasteiger partial charge in [-0.15, -0.1) is 0 Å². The highest BCUT2D eigenvalue weighted by Crippen LogP contribution is 2.50. The van der Waals surface area contributed by atoms with E-state index in [2.05, 4.69) is 31.1 Å². The summed E-state index contributed by atoms with van der Waals surface area (Å²) in [4.78, 5) is 2.44. The van der Waals surface area contributed by atoms with E-state index in [0.717, 1.165) is 12.0 Å². The lowest BCUT2D eigenvalue weighted by atomic mass is 9.93. The molecule has 1 N–H and O–H groups in total. The molecule has 1 saturated heterocycles. The van der Waals surface area contributed by atoms with Crippen LogP contribution in [-0.4, -0.2) is 37.6 Å². The maximum absolute atomic E-state index is 3.82. The monoisotopic (exact) mass is 224 g/mol. The minimum Gasteiger partial charge on any atom is -0.313 e. The summed E-state index contributed by atoms with van der Waals surface area (Å²) < 4.78 is 0. The van der Waals surface area contributed by atoms with Crippen molar-refractivity contribution in [2.75, 3.05) is 26.7 Å². The Kier molecular flexibility index (Phi) is 3.91. The molecule has 2 aliphatic rings. The number of hydrogen-bond donors (Lipinski definition) is 1. The predicted molar refractivity (Wildman–Crippen MR) is 69.6 cm³/mol. The van der Waals surface area contributed by atoms with Crippen molar-refractivity contribution >= 4 is 0 Å². The molecule has 2 heteroatoms. The minimum absolute atomic E-state index is 0.692. The van der Waals surface area contributed by atoms with Gasteiger partial charge in [0.05, 0.1) is 0 Å². The van der Waals surface area contributed by atoms with Crippen molar-refractivity contribution in [3.63, 3.8) is 0 Å². The van der Waals surface area contributed by atoms with E-state index in [1.165, 1.54) is 51.7 Å². The van der Waals surface area contributed by atoms with Crippen molar-refractivity contribution in [1.82, 2.24) is 10.2 Å². The zero-order valence-electron chi connectivity index (χ0n) is 11.3. The molecule has 0 unspecified atom stereocenters. The van der Waals surface area contributed by atoms with Gasteiger partial charge in [-0.25, -0.2) is 0 Å². The van der Waals surface area contributed by atoms with Crippen LogP contribution in [0.1, 0.15) is 46.0 Å². The molecule has 1 heterocycles. The molecule has 1 aliphatic heterocycles. The van der Waals surface area contributed by atoms with Gasteiger partial charge in [-0.2, -0.15) is 0 Å². The third-order valence-electron chi connectivity index (χ3n) is 4.28. The predicted octanol–water partition coefficient (Wildman–Crippen LogP) is 2.50. The van der Waals surface area contributed by atoms with Crippen LogP contribution in [0.4, 0.5) is 0 Å². The van der Waals surface area contributed by atoms with Gasteiger partial charge in [0.25, 0.3) is 0 Å². The number of hydrogen-bond acceptors (Lipinski definition) is 2. The van der Waals surface area contributed by atoms with E-state index >= 15 is 0 Å². The van der Waals surface area contributed by atoms with E-state index in [0.29, 0.717) is 5.41 Å². The second-order valence-corrected chi connectivity index (χ2v) is 6.56. The van der Waals surface area contributed by atoms with Crippen molar-refractivity contribution in [2.24, 2.45) is 11.3 Å². The second-order valence-electron chi connectivity index (χ2n) is 6.56. The van der Waals surface area contributed by atoms with Crippen LogP contribution in [0.5, 0.6) is 0 Å². The Bertz CT molecular complexity index is 213. The average Bonchev–Trinajstić information content (AvgIpc) is 2.97. The Labute approximate surface area is 101 Å². The summed E-state index contributed by atoms with van der Waals surface area (Å²) in [6.45, 7) is 8.54. The molecule has 0 spiro atoms. The fourth-order valence-corrected chi connectivity index (χ4v) is 3.07. The van der Waals surface area contributed by atoms with Gasteiger partial charge >= 0.3 is 0 Å². The third kappa shape index (κ3) is 3.46. The van der Waals surface area contributed by atoms with Crippen molar-refractivity contribution in [3.8, 4) is 0 Å². The average molecular weight is 224 g/mol. The van der Waals surface area contributed by atoms with Gasteiger partial charge in [-0.3, -0.25) is 0 Å². The first kappa shape index (κ1) is 12.4. The van der Waals surface area contributed by atoms with Crippen LogP contribution in [0, 0.1) is 11.3 Å². The molecule has 0 bridgehead atoms. The molecule has 94 valence electrons. The van der Waals surface area contributed by atoms with E-state index in [4.69, 9.17) is 0 Å². The molecule has 0 radical (unpaired) electrons. The largest absolute Gasteiger partial charge is 0.313 e. The third-order valence-corrected chi connectivity index (χ3v) is 4.28. The Morgan fingerprint density at radius 3 is 2.38 bits per heavy atom. The van der Waals surface area contributed by atoms with Gasteiger partial charge < -0.3 is 10.2 Å². The fraction of sp³-hybridized carbons (Fsp3) is 1.00. The number of likely N-dealkylation sites (tertiary alicyclic amines) is 1. The highest BCUT2D eigenvalue weighted by Gasteiger charge is 2.42. The molecule has 2 rings (SSSR count). The van der Waals surface area contributed by atoms with Crippen molar-refractivity contribution in [3.05, 3.63) is 0 Å². The Hall–Kier alpha value is -0.0800. The minimum atomic E-state index is 0.692. The van der Waals surface area contributed by atoms with Crippen LogP contribution in [0.3, 0.4) is 0 Å². The Morgan fingerprint density at radius 2 is 1.88 bits per heavy atom. The molecule has 0 atom stereocenters. The topological polar surface area (TPSA) is 15.3 Å². The van der Waals surface area contributed by atoms with E-state index < -0.39 is 0 Å². The van der Waals surface area contributed by atoms with Crippen LogP contribution < -0.4 is 5.32 Å². The quantitative estimate of drug-likeness (QED) is 0.772. The second kappa shape index (κ2) is 5.05. The lowest BCUT2D eigenvalue weighted by Gasteiger charge is -2.31. The van der Waals surface area contributed by atoms with Gasteiger partial charge in [-0.05, 0) is 63.6 Å². The first-order valence-electron chi connectivity index (χ1n) is 7.02. The maximum Gasteiger partial charge on any atom is 0.00916 e. The number of rotatable bonds is 5. The maximum atomic E-state index is 3.82. The molecule has 16 heavy (non-hydrogen) atoms. The number of piperidine rings is 1. The fourth-order valence-electron chi connectivity index (χ4n) is 3.07. The van der Waals surface area contributed by atoms with E-state index in [-0.39, 0.29) is 0 Å².